The molecule has 0 aliphatic heterocycles. The molecule has 96 valence electrons. The van der Waals surface area contributed by atoms with Crippen molar-refractivity contribution in [2.75, 3.05) is 6.54 Å². The molecule has 0 bridgehead atoms. The lowest BCUT2D eigenvalue weighted by Crippen LogP contribution is -2.31. The molecule has 2 rings (SSSR count). The number of nitrogens with zero attached hydrogens (tertiary/aromatic N) is 2. The summed E-state index contributed by atoms with van der Waals surface area (Å²) in [5, 5.41) is 9.00. The van der Waals surface area contributed by atoms with E-state index in [-0.39, 0.29) is 11.0 Å². The van der Waals surface area contributed by atoms with E-state index in [1.165, 1.54) is 0 Å². The van der Waals surface area contributed by atoms with Crippen LogP contribution in [0.25, 0.3) is 11.0 Å². The summed E-state index contributed by atoms with van der Waals surface area (Å²) in [4.78, 5) is 15.5. The smallest absolute Gasteiger partial charge is 0.335 e. The van der Waals surface area contributed by atoms with E-state index in [2.05, 4.69) is 4.98 Å². The lowest BCUT2D eigenvalue weighted by atomic mass is 9.93. The van der Waals surface area contributed by atoms with Gasteiger partial charge in [0.2, 0.25) is 0 Å². The third kappa shape index (κ3) is 1.86. The zero-order chi connectivity index (χ0) is 13.5. The summed E-state index contributed by atoms with van der Waals surface area (Å²) >= 11 is 0. The number of rotatable bonds is 3. The van der Waals surface area contributed by atoms with Gasteiger partial charge in [-0.1, -0.05) is 13.8 Å². The number of aryl methyl sites for hydroxylation is 1. The van der Waals surface area contributed by atoms with Crippen molar-refractivity contribution in [1.82, 2.24) is 9.55 Å². The second kappa shape index (κ2) is 4.10. The van der Waals surface area contributed by atoms with Gasteiger partial charge in [-0.3, -0.25) is 0 Å². The maximum absolute atomic E-state index is 11.0. The van der Waals surface area contributed by atoms with Crippen LogP contribution in [-0.4, -0.2) is 27.2 Å². The Morgan fingerprint density at radius 3 is 2.72 bits per heavy atom. The molecule has 0 spiro atoms. The first-order valence-corrected chi connectivity index (χ1v) is 5.77. The first-order chi connectivity index (χ1) is 8.36. The average molecular weight is 247 g/mol. The molecule has 0 radical (unpaired) electrons. The quantitative estimate of drug-likeness (QED) is 0.861. The van der Waals surface area contributed by atoms with Gasteiger partial charge in [0.25, 0.3) is 0 Å². The maximum atomic E-state index is 11.0. The molecule has 0 saturated carbocycles. The van der Waals surface area contributed by atoms with Crippen molar-refractivity contribution in [2.45, 2.75) is 19.3 Å². The fourth-order valence-corrected chi connectivity index (χ4v) is 2.02. The average Bonchev–Trinajstić information content (AvgIpc) is 2.67. The lowest BCUT2D eigenvalue weighted by molar-refractivity contribution is 0.0697. The minimum Gasteiger partial charge on any atom is -0.478 e. The summed E-state index contributed by atoms with van der Waals surface area (Å²) in [5.41, 5.74) is 7.39. The monoisotopic (exact) mass is 247 g/mol. The standard InChI is InChI=1S/C13H17N3O2/c1-13(2,7-14)12-15-9-5-4-8(11(17)18)6-10(9)16(12)3/h4-6H,7,14H2,1-3H3,(H,17,18). The zero-order valence-corrected chi connectivity index (χ0v) is 10.8. The Morgan fingerprint density at radius 2 is 2.17 bits per heavy atom. The molecule has 0 unspecified atom stereocenters. The molecule has 0 fully saturated rings. The van der Waals surface area contributed by atoms with E-state index in [9.17, 15) is 4.79 Å². The van der Waals surface area contributed by atoms with Crippen molar-refractivity contribution in [3.8, 4) is 0 Å². The normalized spacial score (nSPS) is 12.0. The maximum Gasteiger partial charge on any atom is 0.335 e. The summed E-state index contributed by atoms with van der Waals surface area (Å²) in [6, 6.07) is 4.94. The number of fused-ring (bicyclic) bond motifs is 1. The number of carboxylic acids is 1. The summed E-state index contributed by atoms with van der Waals surface area (Å²) < 4.78 is 1.91. The van der Waals surface area contributed by atoms with Crippen LogP contribution in [0.3, 0.4) is 0 Å². The number of carbonyl (C=O) groups is 1. The molecule has 0 aliphatic rings. The molecule has 0 aliphatic carbocycles. The third-order valence-electron chi connectivity index (χ3n) is 3.24. The number of hydrogen-bond acceptors (Lipinski definition) is 3. The van der Waals surface area contributed by atoms with Crippen molar-refractivity contribution >= 4 is 17.0 Å². The molecule has 18 heavy (non-hydrogen) atoms. The second-order valence-corrected chi connectivity index (χ2v) is 5.09. The number of aromatic carboxylic acids is 1. The van der Waals surface area contributed by atoms with E-state index in [0.717, 1.165) is 16.9 Å². The van der Waals surface area contributed by atoms with Crippen LogP contribution in [0.5, 0.6) is 0 Å². The van der Waals surface area contributed by atoms with Gasteiger partial charge in [0.15, 0.2) is 0 Å². The van der Waals surface area contributed by atoms with Crippen LogP contribution in [0.4, 0.5) is 0 Å². The molecule has 3 N–H and O–H groups in total. The van der Waals surface area contributed by atoms with Gasteiger partial charge in [-0.2, -0.15) is 0 Å². The first kappa shape index (κ1) is 12.6. The highest BCUT2D eigenvalue weighted by Gasteiger charge is 2.25. The van der Waals surface area contributed by atoms with Crippen molar-refractivity contribution in [2.24, 2.45) is 12.8 Å². The number of hydrogen-bond donors (Lipinski definition) is 2. The van der Waals surface area contributed by atoms with Gasteiger partial charge in [0.05, 0.1) is 16.6 Å². The van der Waals surface area contributed by atoms with Gasteiger partial charge >= 0.3 is 5.97 Å². The Kier molecular flexibility index (Phi) is 2.86. The van der Waals surface area contributed by atoms with Crippen LogP contribution in [0, 0.1) is 0 Å². The molecule has 1 heterocycles. The highest BCUT2D eigenvalue weighted by Crippen LogP contribution is 2.25. The van der Waals surface area contributed by atoms with Gasteiger partial charge in [-0.25, -0.2) is 9.78 Å². The number of aromatic nitrogens is 2. The van der Waals surface area contributed by atoms with Gasteiger partial charge in [-0.15, -0.1) is 0 Å². The number of imidazole rings is 1. The second-order valence-electron chi connectivity index (χ2n) is 5.09. The highest BCUT2D eigenvalue weighted by atomic mass is 16.4. The van der Waals surface area contributed by atoms with Crippen LogP contribution >= 0.6 is 0 Å². The summed E-state index contributed by atoms with van der Waals surface area (Å²) in [7, 11) is 1.88. The first-order valence-electron chi connectivity index (χ1n) is 5.77. The predicted molar refractivity (Wildman–Crippen MR) is 69.8 cm³/mol. The van der Waals surface area contributed by atoms with Crippen molar-refractivity contribution in [3.63, 3.8) is 0 Å². The fourth-order valence-electron chi connectivity index (χ4n) is 2.02. The SMILES string of the molecule is Cn1c(C(C)(C)CN)nc2ccc(C(=O)O)cc21. The Morgan fingerprint density at radius 1 is 1.50 bits per heavy atom. The van der Waals surface area contributed by atoms with Crippen LogP contribution < -0.4 is 5.73 Å². The molecule has 5 heteroatoms. The minimum absolute atomic E-state index is 0.239. The largest absolute Gasteiger partial charge is 0.478 e. The Labute approximate surface area is 105 Å². The molecule has 2 aromatic rings. The van der Waals surface area contributed by atoms with E-state index in [0.29, 0.717) is 6.54 Å². The van der Waals surface area contributed by atoms with E-state index >= 15 is 0 Å². The molecule has 5 nitrogen and oxygen atoms in total. The molecule has 0 saturated heterocycles. The molecule has 1 aromatic heterocycles. The summed E-state index contributed by atoms with van der Waals surface area (Å²) in [5.74, 6) is -0.0692. The minimum atomic E-state index is -0.933. The van der Waals surface area contributed by atoms with Gasteiger partial charge < -0.3 is 15.4 Å². The Balaban J connectivity index is 2.67. The van der Waals surface area contributed by atoms with E-state index in [4.69, 9.17) is 10.8 Å². The van der Waals surface area contributed by atoms with Crippen molar-refractivity contribution in [3.05, 3.63) is 29.6 Å². The predicted octanol–water partition coefficient (Wildman–Crippen LogP) is 1.51. The van der Waals surface area contributed by atoms with Crippen LogP contribution in [0.2, 0.25) is 0 Å². The van der Waals surface area contributed by atoms with Crippen molar-refractivity contribution in [1.29, 1.82) is 0 Å². The zero-order valence-electron chi connectivity index (χ0n) is 10.8. The fraction of sp³-hybridized carbons (Fsp3) is 0.385. The van der Waals surface area contributed by atoms with Crippen molar-refractivity contribution < 1.29 is 9.90 Å². The number of nitrogens with two attached hydrogens (primary N) is 1. The lowest BCUT2D eigenvalue weighted by Gasteiger charge is -2.21. The molecule has 0 amide bonds. The van der Waals surface area contributed by atoms with Gasteiger partial charge in [0, 0.05) is 19.0 Å². The number of carboxylic acid groups (broad SMARTS) is 1. The molecular formula is C13H17N3O2. The molecule has 0 atom stereocenters. The summed E-state index contributed by atoms with van der Waals surface area (Å²) in [6.45, 7) is 4.52. The molecule has 1 aromatic carbocycles. The van der Waals surface area contributed by atoms with Crippen LogP contribution in [0.1, 0.15) is 30.0 Å². The highest BCUT2D eigenvalue weighted by molar-refractivity contribution is 5.92. The van der Waals surface area contributed by atoms with E-state index in [1.54, 1.807) is 18.2 Å². The van der Waals surface area contributed by atoms with E-state index < -0.39 is 5.97 Å². The van der Waals surface area contributed by atoms with Gasteiger partial charge in [-0.05, 0) is 18.2 Å². The molecular weight excluding hydrogens is 230 g/mol. The third-order valence-corrected chi connectivity index (χ3v) is 3.24. The number of benzene rings is 1. The topological polar surface area (TPSA) is 81.1 Å². The summed E-state index contributed by atoms with van der Waals surface area (Å²) in [6.07, 6.45) is 0. The Hall–Kier alpha value is -1.88. The Bertz CT molecular complexity index is 614. The van der Waals surface area contributed by atoms with Crippen LogP contribution in [0.15, 0.2) is 18.2 Å². The van der Waals surface area contributed by atoms with Crippen LogP contribution in [-0.2, 0) is 12.5 Å². The van der Waals surface area contributed by atoms with E-state index in [1.807, 2.05) is 25.5 Å². The van der Waals surface area contributed by atoms with Gasteiger partial charge in [0.1, 0.15) is 5.82 Å².